The zero-order valence-corrected chi connectivity index (χ0v) is 11.3. The Bertz CT molecular complexity index is 366. The Morgan fingerprint density at radius 1 is 1.50 bits per heavy atom. The number of nitrogens with zero attached hydrogens (tertiary/aromatic N) is 1. The summed E-state index contributed by atoms with van der Waals surface area (Å²) in [4.78, 5) is 15.6. The number of rotatable bonds is 5. The molecular formula is C12H17BrN2O. The lowest BCUT2D eigenvalue weighted by Crippen LogP contribution is -2.12. The summed E-state index contributed by atoms with van der Waals surface area (Å²) in [5, 5.41) is 2.80. The molecule has 1 aromatic rings. The molecule has 1 heterocycles. The van der Waals surface area contributed by atoms with E-state index < -0.39 is 0 Å². The van der Waals surface area contributed by atoms with Crippen LogP contribution in [0.4, 0.5) is 5.82 Å². The maximum Gasteiger partial charge on any atom is 0.225 e. The van der Waals surface area contributed by atoms with Gasteiger partial charge in [-0.25, -0.2) is 4.98 Å². The Labute approximate surface area is 105 Å². The van der Waals surface area contributed by atoms with E-state index in [1.54, 1.807) is 6.20 Å². The fraction of sp³-hybridized carbons (Fsp3) is 0.500. The molecule has 0 aliphatic rings. The van der Waals surface area contributed by atoms with Crippen molar-refractivity contribution in [2.24, 2.45) is 0 Å². The minimum absolute atomic E-state index is 0.0441. The highest BCUT2D eigenvalue weighted by atomic mass is 79.9. The second kappa shape index (κ2) is 6.63. The number of pyridine rings is 1. The minimum atomic E-state index is 0.0441. The van der Waals surface area contributed by atoms with Gasteiger partial charge in [-0.1, -0.05) is 19.8 Å². The first kappa shape index (κ1) is 13.2. The molecule has 88 valence electrons. The summed E-state index contributed by atoms with van der Waals surface area (Å²) in [7, 11) is 0. The van der Waals surface area contributed by atoms with Crippen LogP contribution < -0.4 is 5.32 Å². The average molecular weight is 285 g/mol. The molecule has 0 bridgehead atoms. The molecule has 0 aromatic carbocycles. The zero-order chi connectivity index (χ0) is 12.0. The Balaban J connectivity index is 2.46. The lowest BCUT2D eigenvalue weighted by atomic mass is 10.2. The first-order valence-electron chi connectivity index (χ1n) is 5.55. The van der Waals surface area contributed by atoms with Crippen LogP contribution in [0.5, 0.6) is 0 Å². The molecule has 3 nitrogen and oxygen atoms in total. The normalized spacial score (nSPS) is 10.2. The number of carbonyl (C=O) groups is 1. The van der Waals surface area contributed by atoms with Crippen molar-refractivity contribution >= 4 is 27.7 Å². The number of nitrogens with one attached hydrogen (secondary N) is 1. The molecule has 1 N–H and O–H groups in total. The molecule has 1 amide bonds. The quantitative estimate of drug-likeness (QED) is 0.839. The first-order valence-corrected chi connectivity index (χ1v) is 6.34. The van der Waals surface area contributed by atoms with Crippen LogP contribution in [0, 0.1) is 6.92 Å². The predicted octanol–water partition coefficient (Wildman–Crippen LogP) is 3.67. The number of halogens is 1. The van der Waals surface area contributed by atoms with E-state index >= 15 is 0 Å². The Kier molecular flexibility index (Phi) is 5.46. The van der Waals surface area contributed by atoms with Crippen molar-refractivity contribution in [3.8, 4) is 0 Å². The molecule has 0 atom stereocenters. The summed E-state index contributed by atoms with van der Waals surface area (Å²) >= 11 is 3.37. The molecule has 0 spiro atoms. The number of anilines is 1. The fourth-order valence-corrected chi connectivity index (χ4v) is 1.57. The lowest BCUT2D eigenvalue weighted by Gasteiger charge is -2.05. The Morgan fingerprint density at radius 3 is 2.88 bits per heavy atom. The number of hydrogen-bond acceptors (Lipinski definition) is 2. The Hall–Kier alpha value is -0.900. The molecule has 1 rings (SSSR count). The molecule has 0 radical (unpaired) electrons. The topological polar surface area (TPSA) is 42.0 Å². The van der Waals surface area contributed by atoms with E-state index in [-0.39, 0.29) is 5.91 Å². The van der Waals surface area contributed by atoms with Crippen molar-refractivity contribution in [1.82, 2.24) is 4.98 Å². The Morgan fingerprint density at radius 2 is 2.25 bits per heavy atom. The SMILES string of the molecule is CCCCCC(=O)Nc1cc(C)c(Br)cn1. The van der Waals surface area contributed by atoms with E-state index in [0.29, 0.717) is 12.2 Å². The van der Waals surface area contributed by atoms with Gasteiger partial charge in [-0.15, -0.1) is 0 Å². The molecule has 0 aliphatic carbocycles. The summed E-state index contributed by atoms with van der Waals surface area (Å²) in [6, 6.07) is 1.86. The first-order chi connectivity index (χ1) is 7.63. The summed E-state index contributed by atoms with van der Waals surface area (Å²) < 4.78 is 0.955. The lowest BCUT2D eigenvalue weighted by molar-refractivity contribution is -0.116. The van der Waals surface area contributed by atoms with Crippen LogP contribution in [0.15, 0.2) is 16.7 Å². The molecule has 1 aromatic heterocycles. The van der Waals surface area contributed by atoms with Crippen molar-refractivity contribution in [2.45, 2.75) is 39.5 Å². The van der Waals surface area contributed by atoms with Gasteiger partial charge in [-0.3, -0.25) is 4.79 Å². The summed E-state index contributed by atoms with van der Waals surface area (Å²) in [5.41, 5.74) is 1.07. The number of hydrogen-bond donors (Lipinski definition) is 1. The third kappa shape index (κ3) is 4.31. The highest BCUT2D eigenvalue weighted by Gasteiger charge is 2.04. The molecule has 0 unspecified atom stereocenters. The van der Waals surface area contributed by atoms with Gasteiger partial charge in [-0.2, -0.15) is 0 Å². The van der Waals surface area contributed by atoms with Gasteiger partial charge in [-0.05, 0) is 40.9 Å². The second-order valence-electron chi connectivity index (χ2n) is 3.82. The second-order valence-corrected chi connectivity index (χ2v) is 4.68. The van der Waals surface area contributed by atoms with Gasteiger partial charge >= 0.3 is 0 Å². The van der Waals surface area contributed by atoms with Crippen molar-refractivity contribution < 1.29 is 4.79 Å². The molecule has 0 fully saturated rings. The van der Waals surface area contributed by atoms with Crippen molar-refractivity contribution in [3.05, 3.63) is 22.3 Å². The molecule has 0 saturated heterocycles. The van der Waals surface area contributed by atoms with Crippen LogP contribution in [0.1, 0.15) is 38.2 Å². The zero-order valence-electron chi connectivity index (χ0n) is 9.72. The average Bonchev–Trinajstić information content (AvgIpc) is 2.24. The van der Waals surface area contributed by atoms with Crippen LogP contribution in [0.25, 0.3) is 0 Å². The van der Waals surface area contributed by atoms with Crippen molar-refractivity contribution in [3.63, 3.8) is 0 Å². The van der Waals surface area contributed by atoms with Crippen LogP contribution in [0.2, 0.25) is 0 Å². The smallest absolute Gasteiger partial charge is 0.225 e. The van der Waals surface area contributed by atoms with E-state index in [4.69, 9.17) is 0 Å². The van der Waals surface area contributed by atoms with E-state index in [1.165, 1.54) is 0 Å². The largest absolute Gasteiger partial charge is 0.311 e. The van der Waals surface area contributed by atoms with E-state index in [1.807, 2.05) is 13.0 Å². The number of carbonyl (C=O) groups excluding carboxylic acids is 1. The fourth-order valence-electron chi connectivity index (χ4n) is 1.35. The van der Waals surface area contributed by atoms with Crippen LogP contribution in [-0.4, -0.2) is 10.9 Å². The van der Waals surface area contributed by atoms with Gasteiger partial charge < -0.3 is 5.32 Å². The maximum atomic E-state index is 11.5. The van der Waals surface area contributed by atoms with Crippen LogP contribution in [-0.2, 0) is 4.79 Å². The van der Waals surface area contributed by atoms with Gasteiger partial charge in [0.2, 0.25) is 5.91 Å². The summed E-state index contributed by atoms with van der Waals surface area (Å²) in [6.45, 7) is 4.09. The van der Waals surface area contributed by atoms with Crippen molar-refractivity contribution in [2.75, 3.05) is 5.32 Å². The van der Waals surface area contributed by atoms with Gasteiger partial charge in [0.25, 0.3) is 0 Å². The molecule has 0 aliphatic heterocycles. The molecule has 4 heteroatoms. The van der Waals surface area contributed by atoms with Gasteiger partial charge in [0.15, 0.2) is 0 Å². The van der Waals surface area contributed by atoms with Crippen molar-refractivity contribution in [1.29, 1.82) is 0 Å². The monoisotopic (exact) mass is 284 g/mol. The predicted molar refractivity (Wildman–Crippen MR) is 69.4 cm³/mol. The summed E-state index contributed by atoms with van der Waals surface area (Å²) in [6.07, 6.45) is 5.45. The third-order valence-corrected chi connectivity index (χ3v) is 3.15. The highest BCUT2D eigenvalue weighted by Crippen LogP contribution is 2.17. The van der Waals surface area contributed by atoms with E-state index in [9.17, 15) is 4.79 Å². The summed E-state index contributed by atoms with van der Waals surface area (Å²) in [5.74, 6) is 0.671. The van der Waals surface area contributed by atoms with E-state index in [2.05, 4.69) is 33.2 Å². The van der Waals surface area contributed by atoms with Gasteiger partial charge in [0.05, 0.1) is 0 Å². The van der Waals surface area contributed by atoms with Gasteiger partial charge in [0.1, 0.15) is 5.82 Å². The number of aromatic nitrogens is 1. The minimum Gasteiger partial charge on any atom is -0.311 e. The maximum absolute atomic E-state index is 11.5. The van der Waals surface area contributed by atoms with Crippen LogP contribution >= 0.6 is 15.9 Å². The van der Waals surface area contributed by atoms with E-state index in [0.717, 1.165) is 29.3 Å². The number of unbranched alkanes of at least 4 members (excludes halogenated alkanes) is 2. The number of aryl methyl sites for hydroxylation is 1. The third-order valence-electron chi connectivity index (χ3n) is 2.32. The molecule has 0 saturated carbocycles. The number of amides is 1. The standard InChI is InChI=1S/C12H17BrN2O/c1-3-4-5-6-12(16)15-11-7-9(2)10(13)8-14-11/h7-8H,3-6H2,1-2H3,(H,14,15,16). The molecular weight excluding hydrogens is 268 g/mol. The van der Waals surface area contributed by atoms with Crippen LogP contribution in [0.3, 0.4) is 0 Å². The molecule has 16 heavy (non-hydrogen) atoms. The highest BCUT2D eigenvalue weighted by molar-refractivity contribution is 9.10. The van der Waals surface area contributed by atoms with Gasteiger partial charge in [0, 0.05) is 17.1 Å².